The first-order chi connectivity index (χ1) is 10.0. The van der Waals surface area contributed by atoms with Gasteiger partial charge in [-0.25, -0.2) is 0 Å². The molecule has 1 aliphatic carbocycles. The Hall–Kier alpha value is -1.82. The van der Waals surface area contributed by atoms with Gasteiger partial charge in [0.2, 0.25) is 5.91 Å². The smallest absolute Gasteiger partial charge is 0.225 e. The number of aryl methyl sites for hydroxylation is 2. The molecule has 1 aliphatic rings. The number of nitriles is 1. The Labute approximate surface area is 127 Å². The van der Waals surface area contributed by atoms with Crippen LogP contribution >= 0.6 is 0 Å². The van der Waals surface area contributed by atoms with E-state index in [1.54, 1.807) is 0 Å². The lowest BCUT2D eigenvalue weighted by molar-refractivity contribution is -0.121. The predicted molar refractivity (Wildman–Crippen MR) is 83.8 cm³/mol. The highest BCUT2D eigenvalue weighted by atomic mass is 16.1. The van der Waals surface area contributed by atoms with Crippen molar-refractivity contribution in [2.75, 3.05) is 0 Å². The summed E-state index contributed by atoms with van der Waals surface area (Å²) in [6.45, 7) is 4.12. The summed E-state index contributed by atoms with van der Waals surface area (Å²) >= 11 is 0. The van der Waals surface area contributed by atoms with Crippen molar-refractivity contribution < 1.29 is 4.79 Å². The van der Waals surface area contributed by atoms with E-state index in [0.29, 0.717) is 6.42 Å². The van der Waals surface area contributed by atoms with Crippen molar-refractivity contribution in [3.63, 3.8) is 0 Å². The third-order valence-corrected chi connectivity index (χ3v) is 4.49. The molecule has 0 saturated heterocycles. The van der Waals surface area contributed by atoms with Crippen LogP contribution in [0.3, 0.4) is 0 Å². The van der Waals surface area contributed by atoms with Gasteiger partial charge in [-0.15, -0.1) is 0 Å². The van der Waals surface area contributed by atoms with Gasteiger partial charge >= 0.3 is 0 Å². The Morgan fingerprint density at radius 1 is 1.19 bits per heavy atom. The molecule has 0 aromatic heterocycles. The zero-order valence-electron chi connectivity index (χ0n) is 13.0. The molecule has 112 valence electrons. The summed E-state index contributed by atoms with van der Waals surface area (Å²) in [5.41, 5.74) is 2.80. The molecule has 0 unspecified atom stereocenters. The standard InChI is InChI=1S/C18H24N2O/c1-14-7-8-16(11-15(14)2)12-17(21)20-18(13-19)9-5-3-4-6-10-18/h7-8,11H,3-6,9-10,12H2,1-2H3,(H,20,21). The first-order valence-electron chi connectivity index (χ1n) is 7.83. The van der Waals surface area contributed by atoms with E-state index in [9.17, 15) is 10.1 Å². The maximum absolute atomic E-state index is 12.3. The summed E-state index contributed by atoms with van der Waals surface area (Å²) in [7, 11) is 0. The number of nitrogens with one attached hydrogen (secondary N) is 1. The summed E-state index contributed by atoms with van der Waals surface area (Å²) in [5.74, 6) is -0.0401. The van der Waals surface area contributed by atoms with Gasteiger partial charge in [0, 0.05) is 0 Å². The van der Waals surface area contributed by atoms with Crippen LogP contribution in [0.2, 0.25) is 0 Å². The number of nitrogens with zero attached hydrogens (tertiary/aromatic N) is 1. The molecule has 0 heterocycles. The third-order valence-electron chi connectivity index (χ3n) is 4.49. The topological polar surface area (TPSA) is 52.9 Å². The molecule has 1 amide bonds. The van der Waals surface area contributed by atoms with Crippen LogP contribution < -0.4 is 5.32 Å². The highest BCUT2D eigenvalue weighted by Gasteiger charge is 2.32. The van der Waals surface area contributed by atoms with E-state index in [-0.39, 0.29) is 5.91 Å². The second-order valence-electron chi connectivity index (χ2n) is 6.25. The molecule has 0 spiro atoms. The number of carbonyl (C=O) groups is 1. The van der Waals surface area contributed by atoms with Crippen molar-refractivity contribution in [3.8, 4) is 6.07 Å². The van der Waals surface area contributed by atoms with Crippen molar-refractivity contribution >= 4 is 5.91 Å². The minimum absolute atomic E-state index is 0.0401. The van der Waals surface area contributed by atoms with Gasteiger partial charge in [0.25, 0.3) is 0 Å². The zero-order valence-corrected chi connectivity index (χ0v) is 13.0. The van der Waals surface area contributed by atoms with E-state index in [0.717, 1.165) is 44.1 Å². The Balaban J connectivity index is 2.02. The highest BCUT2D eigenvalue weighted by Crippen LogP contribution is 2.26. The van der Waals surface area contributed by atoms with Crippen molar-refractivity contribution in [1.29, 1.82) is 5.26 Å². The molecule has 3 nitrogen and oxygen atoms in total. The molecule has 1 aromatic rings. The molecule has 3 heteroatoms. The van der Waals surface area contributed by atoms with Gasteiger partial charge in [0.1, 0.15) is 5.54 Å². The number of amides is 1. The van der Waals surface area contributed by atoms with Gasteiger partial charge in [-0.2, -0.15) is 5.26 Å². The van der Waals surface area contributed by atoms with Crippen molar-refractivity contribution in [2.24, 2.45) is 0 Å². The molecule has 2 rings (SSSR count). The van der Waals surface area contributed by atoms with Crippen molar-refractivity contribution in [2.45, 2.75) is 64.3 Å². The summed E-state index contributed by atoms with van der Waals surface area (Å²) < 4.78 is 0. The van der Waals surface area contributed by atoms with E-state index in [1.807, 2.05) is 12.1 Å². The monoisotopic (exact) mass is 284 g/mol. The Morgan fingerprint density at radius 3 is 2.43 bits per heavy atom. The molecular formula is C18H24N2O. The van der Waals surface area contributed by atoms with Crippen LogP contribution in [0.25, 0.3) is 0 Å². The molecular weight excluding hydrogens is 260 g/mol. The quantitative estimate of drug-likeness (QED) is 0.863. The minimum Gasteiger partial charge on any atom is -0.338 e. The first kappa shape index (κ1) is 15.6. The minimum atomic E-state index is -0.646. The third kappa shape index (κ3) is 4.07. The average molecular weight is 284 g/mol. The second kappa shape index (κ2) is 6.76. The van der Waals surface area contributed by atoms with Crippen LogP contribution in [0.4, 0.5) is 0 Å². The lowest BCUT2D eigenvalue weighted by atomic mass is 9.91. The second-order valence-corrected chi connectivity index (χ2v) is 6.25. The van der Waals surface area contributed by atoms with Crippen LogP contribution in [0.15, 0.2) is 18.2 Å². The van der Waals surface area contributed by atoms with Gasteiger partial charge in [-0.05, 0) is 43.4 Å². The molecule has 1 aromatic carbocycles. The van der Waals surface area contributed by atoms with Gasteiger partial charge in [-0.3, -0.25) is 4.79 Å². The van der Waals surface area contributed by atoms with Crippen molar-refractivity contribution in [3.05, 3.63) is 34.9 Å². The fourth-order valence-corrected chi connectivity index (χ4v) is 3.01. The first-order valence-corrected chi connectivity index (χ1v) is 7.83. The summed E-state index contributed by atoms with van der Waals surface area (Å²) in [4.78, 5) is 12.3. The van der Waals surface area contributed by atoms with E-state index >= 15 is 0 Å². The molecule has 1 saturated carbocycles. The molecule has 0 radical (unpaired) electrons. The Morgan fingerprint density at radius 2 is 1.86 bits per heavy atom. The average Bonchev–Trinajstić information content (AvgIpc) is 2.69. The lowest BCUT2D eigenvalue weighted by Gasteiger charge is -2.26. The highest BCUT2D eigenvalue weighted by molar-refractivity contribution is 5.79. The maximum Gasteiger partial charge on any atom is 0.225 e. The largest absolute Gasteiger partial charge is 0.338 e. The van der Waals surface area contributed by atoms with Crippen LogP contribution in [0.5, 0.6) is 0 Å². The van der Waals surface area contributed by atoms with Crippen LogP contribution in [-0.2, 0) is 11.2 Å². The van der Waals surface area contributed by atoms with Crippen LogP contribution in [-0.4, -0.2) is 11.4 Å². The van der Waals surface area contributed by atoms with E-state index in [1.165, 1.54) is 11.1 Å². The number of hydrogen-bond acceptors (Lipinski definition) is 2. The lowest BCUT2D eigenvalue weighted by Crippen LogP contribution is -2.47. The number of hydrogen-bond donors (Lipinski definition) is 1. The Bertz CT molecular complexity index is 549. The van der Waals surface area contributed by atoms with E-state index < -0.39 is 5.54 Å². The molecule has 1 fully saturated rings. The normalized spacial score (nSPS) is 17.6. The van der Waals surface area contributed by atoms with Gasteiger partial charge in [0.15, 0.2) is 0 Å². The van der Waals surface area contributed by atoms with Crippen molar-refractivity contribution in [1.82, 2.24) is 5.32 Å². The van der Waals surface area contributed by atoms with E-state index in [4.69, 9.17) is 0 Å². The summed E-state index contributed by atoms with van der Waals surface area (Å²) in [6.07, 6.45) is 6.29. The van der Waals surface area contributed by atoms with Gasteiger partial charge in [0.05, 0.1) is 12.5 Å². The zero-order chi connectivity index (χ0) is 15.3. The van der Waals surface area contributed by atoms with Gasteiger partial charge in [-0.1, -0.05) is 43.9 Å². The molecule has 0 bridgehead atoms. The maximum atomic E-state index is 12.3. The number of carbonyl (C=O) groups excluding carboxylic acids is 1. The summed E-state index contributed by atoms with van der Waals surface area (Å²) in [6, 6.07) is 8.46. The molecule has 0 aliphatic heterocycles. The molecule has 1 N–H and O–H groups in total. The predicted octanol–water partition coefficient (Wildman–Crippen LogP) is 3.58. The number of benzene rings is 1. The summed E-state index contributed by atoms with van der Waals surface area (Å²) in [5, 5.41) is 12.5. The Kier molecular flexibility index (Phi) is 5.01. The fourth-order valence-electron chi connectivity index (χ4n) is 3.01. The molecule has 21 heavy (non-hydrogen) atoms. The number of rotatable bonds is 3. The van der Waals surface area contributed by atoms with Gasteiger partial charge < -0.3 is 5.32 Å². The van der Waals surface area contributed by atoms with Crippen LogP contribution in [0.1, 0.15) is 55.2 Å². The molecule has 0 atom stereocenters. The fraction of sp³-hybridized carbons (Fsp3) is 0.556. The van der Waals surface area contributed by atoms with E-state index in [2.05, 4.69) is 31.3 Å². The SMILES string of the molecule is Cc1ccc(CC(=O)NC2(C#N)CCCCCC2)cc1C. The van der Waals surface area contributed by atoms with Crippen LogP contribution in [0, 0.1) is 25.2 Å².